The molecular weight excluding hydrogens is 288 g/mol. The Morgan fingerprint density at radius 2 is 2.05 bits per heavy atom. The molecule has 2 aromatic heterocycles. The van der Waals surface area contributed by atoms with Crippen molar-refractivity contribution < 1.29 is 9.59 Å². The second-order valence-electron chi connectivity index (χ2n) is 5.03. The first kappa shape index (κ1) is 15.5. The van der Waals surface area contributed by atoms with Gasteiger partial charge in [0.1, 0.15) is 6.33 Å². The molecule has 0 aliphatic carbocycles. The Balaban J connectivity index is 2.26. The maximum absolute atomic E-state index is 12.6. The average Bonchev–Trinajstić information content (AvgIpc) is 2.92. The Kier molecular flexibility index (Phi) is 4.32. The van der Waals surface area contributed by atoms with E-state index in [1.54, 1.807) is 24.7 Å². The number of carbonyl (C=O) groups excluding carboxylic acids is 2. The van der Waals surface area contributed by atoms with E-state index in [9.17, 15) is 9.59 Å². The summed E-state index contributed by atoms with van der Waals surface area (Å²) in [5.74, 6) is -0.0787. The van der Waals surface area contributed by atoms with Gasteiger partial charge in [0.25, 0.3) is 0 Å². The Bertz CT molecular complexity index is 702. The van der Waals surface area contributed by atoms with Crippen molar-refractivity contribution >= 4 is 23.3 Å². The van der Waals surface area contributed by atoms with Crippen LogP contribution in [0.25, 0.3) is 0 Å². The zero-order valence-corrected chi connectivity index (χ0v) is 13.5. The fourth-order valence-corrected chi connectivity index (χ4v) is 3.17. The van der Waals surface area contributed by atoms with Crippen molar-refractivity contribution in [1.29, 1.82) is 0 Å². The van der Waals surface area contributed by atoms with Gasteiger partial charge >= 0.3 is 0 Å². The normalized spacial score (nSPS) is 12.4. The molecule has 0 fully saturated rings. The summed E-state index contributed by atoms with van der Waals surface area (Å²) in [6.07, 6.45) is 1.59. The van der Waals surface area contributed by atoms with E-state index in [0.717, 1.165) is 11.3 Å². The molecule has 1 atom stereocenters. The van der Waals surface area contributed by atoms with Gasteiger partial charge in [-0.05, 0) is 33.3 Å². The van der Waals surface area contributed by atoms with E-state index in [2.05, 4.69) is 15.2 Å². The van der Waals surface area contributed by atoms with E-state index < -0.39 is 0 Å². The van der Waals surface area contributed by atoms with Crippen LogP contribution in [-0.2, 0) is 7.05 Å². The molecule has 0 aromatic carbocycles. The number of thioether (sulfide) groups is 1. The Hall–Kier alpha value is -1.89. The molecule has 0 saturated heterocycles. The molecule has 2 rings (SSSR count). The van der Waals surface area contributed by atoms with E-state index >= 15 is 0 Å². The van der Waals surface area contributed by atoms with Gasteiger partial charge in [0.2, 0.25) is 0 Å². The summed E-state index contributed by atoms with van der Waals surface area (Å²) in [5.41, 5.74) is 2.56. The number of rotatable bonds is 5. The van der Waals surface area contributed by atoms with Crippen LogP contribution in [0.2, 0.25) is 0 Å². The first-order valence-electron chi connectivity index (χ1n) is 6.57. The maximum atomic E-state index is 12.6. The second kappa shape index (κ2) is 5.85. The lowest BCUT2D eigenvalue weighted by molar-refractivity contribution is 0.0988. The van der Waals surface area contributed by atoms with Crippen LogP contribution in [0, 0.1) is 13.8 Å². The van der Waals surface area contributed by atoms with Crippen molar-refractivity contribution in [3.05, 3.63) is 28.8 Å². The third-order valence-corrected chi connectivity index (χ3v) is 4.51. The molecule has 2 aromatic rings. The number of nitrogens with zero attached hydrogens (tertiary/aromatic N) is 3. The maximum Gasteiger partial charge on any atom is 0.192 e. The minimum Gasteiger partial charge on any atom is -0.355 e. The molecule has 2 heterocycles. The van der Waals surface area contributed by atoms with Crippen LogP contribution >= 0.6 is 11.8 Å². The molecule has 1 N–H and O–H groups in total. The lowest BCUT2D eigenvalue weighted by Gasteiger charge is -2.09. The van der Waals surface area contributed by atoms with Gasteiger partial charge in [-0.25, -0.2) is 0 Å². The third kappa shape index (κ3) is 2.92. The molecular formula is C14H18N4O2S. The predicted molar refractivity (Wildman–Crippen MR) is 80.9 cm³/mol. The molecule has 0 bridgehead atoms. The van der Waals surface area contributed by atoms with Gasteiger partial charge in [0.05, 0.1) is 10.9 Å². The summed E-state index contributed by atoms with van der Waals surface area (Å²) in [7, 11) is 1.83. The van der Waals surface area contributed by atoms with Crippen LogP contribution in [0.4, 0.5) is 0 Å². The number of hydrogen-bond acceptors (Lipinski definition) is 5. The molecule has 112 valence electrons. The number of nitrogens with one attached hydrogen (secondary N) is 1. The van der Waals surface area contributed by atoms with E-state index in [1.807, 2.05) is 14.0 Å². The topological polar surface area (TPSA) is 80.6 Å². The molecule has 21 heavy (non-hydrogen) atoms. The van der Waals surface area contributed by atoms with Crippen LogP contribution in [0.5, 0.6) is 0 Å². The van der Waals surface area contributed by atoms with Gasteiger partial charge in [-0.2, -0.15) is 0 Å². The minimum absolute atomic E-state index is 0.0334. The van der Waals surface area contributed by atoms with Crippen molar-refractivity contribution in [2.24, 2.45) is 7.05 Å². The van der Waals surface area contributed by atoms with Crippen molar-refractivity contribution in [1.82, 2.24) is 19.7 Å². The van der Waals surface area contributed by atoms with Crippen molar-refractivity contribution in [2.75, 3.05) is 0 Å². The van der Waals surface area contributed by atoms with E-state index in [0.29, 0.717) is 16.4 Å². The highest BCUT2D eigenvalue weighted by atomic mass is 32.2. The smallest absolute Gasteiger partial charge is 0.192 e. The third-order valence-electron chi connectivity index (χ3n) is 3.36. The summed E-state index contributed by atoms with van der Waals surface area (Å²) in [4.78, 5) is 27.2. The highest BCUT2D eigenvalue weighted by molar-refractivity contribution is 8.00. The fraction of sp³-hybridized carbons (Fsp3) is 0.429. The summed E-state index contributed by atoms with van der Waals surface area (Å²) in [5, 5.41) is 8.13. The Labute approximate surface area is 127 Å². The van der Waals surface area contributed by atoms with Gasteiger partial charge in [-0.1, -0.05) is 11.8 Å². The summed E-state index contributed by atoms with van der Waals surface area (Å²) in [6, 6.07) is 0. The van der Waals surface area contributed by atoms with Gasteiger partial charge in [-0.3, -0.25) is 9.59 Å². The lowest BCUT2D eigenvalue weighted by atomic mass is 10.0. The first-order chi connectivity index (χ1) is 9.82. The van der Waals surface area contributed by atoms with Crippen molar-refractivity contribution in [3.8, 4) is 0 Å². The van der Waals surface area contributed by atoms with Crippen molar-refractivity contribution in [2.45, 2.75) is 38.1 Å². The number of aromatic amines is 1. The summed E-state index contributed by atoms with van der Waals surface area (Å²) in [6.45, 7) is 6.94. The lowest BCUT2D eigenvalue weighted by Crippen LogP contribution is -2.16. The monoisotopic (exact) mass is 306 g/mol. The molecule has 0 unspecified atom stereocenters. The Morgan fingerprint density at radius 3 is 2.52 bits per heavy atom. The number of aryl methyl sites for hydroxylation is 2. The van der Waals surface area contributed by atoms with Crippen LogP contribution in [0.1, 0.15) is 46.0 Å². The number of H-pyrrole nitrogens is 1. The van der Waals surface area contributed by atoms with E-state index in [4.69, 9.17) is 0 Å². The zero-order chi connectivity index (χ0) is 15.7. The SMILES string of the molecule is CC(=O)c1c(C)[nH]c(C(=O)[C@@H](C)Sc2nncn2C)c1C. The van der Waals surface area contributed by atoms with Gasteiger partial charge in [-0.15, -0.1) is 10.2 Å². The summed E-state index contributed by atoms with van der Waals surface area (Å²) < 4.78 is 1.77. The summed E-state index contributed by atoms with van der Waals surface area (Å²) >= 11 is 1.35. The predicted octanol–water partition coefficient (Wildman–Crippen LogP) is 2.33. The average molecular weight is 306 g/mol. The first-order valence-corrected chi connectivity index (χ1v) is 7.45. The molecule has 0 saturated carbocycles. The van der Waals surface area contributed by atoms with Gasteiger partial charge in [0.15, 0.2) is 16.7 Å². The molecule has 0 radical (unpaired) electrons. The molecule has 0 spiro atoms. The fourth-order valence-electron chi connectivity index (χ4n) is 2.32. The number of carbonyl (C=O) groups is 2. The van der Waals surface area contributed by atoms with E-state index in [1.165, 1.54) is 18.7 Å². The molecule has 0 aliphatic rings. The molecule has 0 amide bonds. The van der Waals surface area contributed by atoms with E-state index in [-0.39, 0.29) is 16.8 Å². The standard InChI is InChI=1S/C14H18N4O2S/c1-7-11(9(3)19)8(2)16-12(7)13(20)10(4)21-14-17-15-6-18(14)5/h6,10,16H,1-5H3/t10-/m1/s1. The number of Topliss-reactive ketones (excluding diaryl/α,β-unsaturated/α-hetero) is 2. The molecule has 6 nitrogen and oxygen atoms in total. The van der Waals surface area contributed by atoms with Crippen LogP contribution in [-0.4, -0.2) is 36.6 Å². The second-order valence-corrected chi connectivity index (χ2v) is 6.34. The zero-order valence-electron chi connectivity index (χ0n) is 12.7. The number of hydrogen-bond donors (Lipinski definition) is 1. The Morgan fingerprint density at radius 1 is 1.38 bits per heavy atom. The van der Waals surface area contributed by atoms with Crippen LogP contribution in [0.3, 0.4) is 0 Å². The largest absolute Gasteiger partial charge is 0.355 e. The number of ketones is 2. The highest BCUT2D eigenvalue weighted by Gasteiger charge is 2.25. The van der Waals surface area contributed by atoms with Crippen LogP contribution in [0.15, 0.2) is 11.5 Å². The molecule has 7 heteroatoms. The van der Waals surface area contributed by atoms with Gasteiger partial charge in [0, 0.05) is 18.3 Å². The molecule has 0 aliphatic heterocycles. The van der Waals surface area contributed by atoms with Crippen LogP contribution < -0.4 is 0 Å². The minimum atomic E-state index is -0.315. The highest BCUT2D eigenvalue weighted by Crippen LogP contribution is 2.26. The number of aromatic nitrogens is 4. The quantitative estimate of drug-likeness (QED) is 0.677. The van der Waals surface area contributed by atoms with Crippen molar-refractivity contribution in [3.63, 3.8) is 0 Å². The van der Waals surface area contributed by atoms with Gasteiger partial charge < -0.3 is 9.55 Å².